The second-order valence-electron chi connectivity index (χ2n) is 1.79. The van der Waals surface area contributed by atoms with Gasteiger partial charge in [0.25, 0.3) is 0 Å². The van der Waals surface area contributed by atoms with Crippen LogP contribution in [-0.2, 0) is 0 Å². The van der Waals surface area contributed by atoms with Crippen LogP contribution in [0.4, 0.5) is 0 Å². The van der Waals surface area contributed by atoms with Crippen molar-refractivity contribution in [1.82, 2.24) is 0 Å². The predicted octanol–water partition coefficient (Wildman–Crippen LogP) is 2.08. The van der Waals surface area contributed by atoms with Crippen LogP contribution in [0, 0.1) is 31.1 Å². The van der Waals surface area contributed by atoms with Crippen LogP contribution in [0.5, 0.6) is 0 Å². The molecular formula is C8H10BOSU. The fraction of sp³-hybridized carbons (Fsp3) is 0.125. The van der Waals surface area contributed by atoms with Crippen molar-refractivity contribution in [2.75, 3.05) is 0 Å². The van der Waals surface area contributed by atoms with Crippen LogP contribution < -0.4 is 0 Å². The Morgan fingerprint density at radius 2 is 1.75 bits per heavy atom. The minimum atomic E-state index is 0. The molecule has 1 rings (SSSR count). The maximum absolute atomic E-state index is 10.0. The van der Waals surface area contributed by atoms with E-state index in [9.17, 15) is 4.79 Å². The molecule has 0 saturated carbocycles. The van der Waals surface area contributed by atoms with Crippen molar-refractivity contribution in [2.45, 2.75) is 6.82 Å². The SMILES string of the molecule is C[B]S.O=Cc1ccccc1.[U]. The fourth-order valence-electron chi connectivity index (χ4n) is 0.532. The van der Waals surface area contributed by atoms with Crippen LogP contribution in [0.1, 0.15) is 10.4 Å². The van der Waals surface area contributed by atoms with Crippen LogP contribution in [0.15, 0.2) is 30.3 Å². The van der Waals surface area contributed by atoms with Gasteiger partial charge in [-0.1, -0.05) is 37.2 Å². The first-order chi connectivity index (χ1) is 5.35. The summed E-state index contributed by atoms with van der Waals surface area (Å²) in [5.74, 6) is 0. The van der Waals surface area contributed by atoms with Gasteiger partial charge in [0.05, 0.1) is 0 Å². The van der Waals surface area contributed by atoms with Gasteiger partial charge in [0.15, 0.2) is 6.56 Å². The van der Waals surface area contributed by atoms with Crippen LogP contribution >= 0.6 is 12.5 Å². The first-order valence-electron chi connectivity index (χ1n) is 3.27. The van der Waals surface area contributed by atoms with Gasteiger partial charge in [-0.25, -0.2) is 12.5 Å². The van der Waals surface area contributed by atoms with Gasteiger partial charge >= 0.3 is 0 Å². The summed E-state index contributed by atoms with van der Waals surface area (Å²) in [5.41, 5.74) is 0.729. The molecule has 0 unspecified atom stereocenters. The summed E-state index contributed by atoms with van der Waals surface area (Å²) in [7, 11) is 0. The Morgan fingerprint density at radius 3 is 2.00 bits per heavy atom. The summed E-state index contributed by atoms with van der Waals surface area (Å²) in [4.78, 5) is 10.0. The van der Waals surface area contributed by atoms with Crippen molar-refractivity contribution in [3.63, 3.8) is 0 Å². The van der Waals surface area contributed by atoms with Crippen molar-refractivity contribution < 1.29 is 35.9 Å². The average Bonchev–Trinajstić information content (AvgIpc) is 2.08. The second-order valence-corrected chi connectivity index (χ2v) is 2.30. The maximum Gasteiger partial charge on any atom is 0.183 e. The Labute approximate surface area is 103 Å². The summed E-state index contributed by atoms with van der Waals surface area (Å²) < 4.78 is 0. The molecule has 4 heteroatoms. The van der Waals surface area contributed by atoms with Crippen LogP contribution in [0.2, 0.25) is 6.82 Å². The minimum absolute atomic E-state index is 0. The molecule has 0 heterocycles. The molecule has 0 bridgehead atoms. The number of benzene rings is 1. The van der Waals surface area contributed by atoms with Gasteiger partial charge in [-0.05, 0) is 0 Å². The molecule has 12 heavy (non-hydrogen) atoms. The molecular weight excluding hydrogens is 393 g/mol. The van der Waals surface area contributed by atoms with E-state index in [1.54, 1.807) is 18.7 Å². The Morgan fingerprint density at radius 1 is 1.33 bits per heavy atom. The smallest absolute Gasteiger partial charge is 0.183 e. The molecule has 0 spiro atoms. The van der Waals surface area contributed by atoms with Crippen molar-refractivity contribution in [1.29, 1.82) is 0 Å². The monoisotopic (exact) mass is 403 g/mol. The standard InChI is InChI=1S/C7H6O.CH4BS.U/c8-6-7-4-2-1-3-5-7;1-2-3;/h1-6H;3H,1H3;. The number of carbonyl (C=O) groups excluding carboxylic acids is 1. The molecule has 0 saturated heterocycles. The summed E-state index contributed by atoms with van der Waals surface area (Å²) >= 11 is 3.66. The predicted molar refractivity (Wildman–Crippen MR) is 52.4 cm³/mol. The maximum atomic E-state index is 10.0. The van der Waals surface area contributed by atoms with Gasteiger partial charge in [-0.15, -0.1) is 0 Å². The molecule has 1 nitrogen and oxygen atoms in total. The Hall–Kier alpha value is 0.357. The molecule has 0 aliphatic rings. The number of carbonyl (C=O) groups is 1. The summed E-state index contributed by atoms with van der Waals surface area (Å²) in [6, 6.07) is 9.10. The molecule has 0 aliphatic heterocycles. The van der Waals surface area contributed by atoms with Crippen molar-refractivity contribution in [2.24, 2.45) is 0 Å². The van der Waals surface area contributed by atoms with E-state index < -0.39 is 0 Å². The summed E-state index contributed by atoms with van der Waals surface area (Å²) in [5, 5.41) is 0. The molecule has 0 aromatic heterocycles. The van der Waals surface area contributed by atoms with E-state index in [1.807, 2.05) is 25.0 Å². The van der Waals surface area contributed by atoms with E-state index in [0.717, 1.165) is 11.8 Å². The molecule has 0 aliphatic carbocycles. The van der Waals surface area contributed by atoms with E-state index in [-0.39, 0.29) is 31.1 Å². The first kappa shape index (κ1) is 14.9. The number of rotatable bonds is 1. The van der Waals surface area contributed by atoms with Crippen LogP contribution in [0.25, 0.3) is 0 Å². The first-order valence-corrected chi connectivity index (χ1v) is 3.79. The van der Waals surface area contributed by atoms with Gasteiger partial charge in [-0.2, -0.15) is 0 Å². The molecule has 0 fully saturated rings. The summed E-state index contributed by atoms with van der Waals surface area (Å²) in [6.45, 7) is 3.56. The number of thiol groups is 1. The van der Waals surface area contributed by atoms with E-state index in [4.69, 9.17) is 0 Å². The van der Waals surface area contributed by atoms with Crippen molar-refractivity contribution in [3.8, 4) is 0 Å². The zero-order valence-corrected chi connectivity index (χ0v) is 12.0. The molecule has 0 atom stereocenters. The molecule has 1 radical (unpaired) electrons. The largest absolute Gasteiger partial charge is 0.298 e. The zero-order chi connectivity index (χ0) is 8.53. The summed E-state index contributed by atoms with van der Waals surface area (Å²) in [6.07, 6.45) is 0.833. The van der Waals surface area contributed by atoms with E-state index in [0.29, 0.717) is 0 Å². The number of hydrogen-bond donors (Lipinski definition) is 1. The molecule has 61 valence electrons. The van der Waals surface area contributed by atoms with Gasteiger partial charge < -0.3 is 0 Å². The molecule has 0 N–H and O–H groups in total. The fourth-order valence-corrected chi connectivity index (χ4v) is 0.532. The van der Waals surface area contributed by atoms with E-state index in [1.165, 1.54) is 0 Å². The third kappa shape index (κ3) is 8.45. The molecule has 1 aromatic carbocycles. The average molecular weight is 403 g/mol. The molecule has 0 amide bonds. The van der Waals surface area contributed by atoms with Gasteiger partial charge in [0.2, 0.25) is 0 Å². The topological polar surface area (TPSA) is 17.1 Å². The second kappa shape index (κ2) is 11.4. The quantitative estimate of drug-likeness (QED) is 0.432. The van der Waals surface area contributed by atoms with E-state index in [2.05, 4.69) is 12.5 Å². The third-order valence-corrected chi connectivity index (χ3v) is 0.936. The van der Waals surface area contributed by atoms with Gasteiger partial charge in [-0.3, -0.25) is 4.79 Å². The van der Waals surface area contributed by atoms with Crippen LogP contribution in [0.3, 0.4) is 0 Å². The molecule has 1 aromatic rings. The Bertz CT molecular complexity index is 194. The Balaban J connectivity index is 0. The zero-order valence-electron chi connectivity index (χ0n) is 6.90. The van der Waals surface area contributed by atoms with Crippen molar-refractivity contribution in [3.05, 3.63) is 35.9 Å². The number of hydrogen-bond acceptors (Lipinski definition) is 2. The number of aldehydes is 1. The third-order valence-electron chi connectivity index (χ3n) is 0.936. The van der Waals surface area contributed by atoms with E-state index >= 15 is 0 Å². The van der Waals surface area contributed by atoms with Gasteiger partial charge in [0, 0.05) is 36.7 Å². The normalized spacial score (nSPS) is 6.83. The van der Waals surface area contributed by atoms with Crippen molar-refractivity contribution >= 4 is 25.3 Å². The minimum Gasteiger partial charge on any atom is -0.298 e. The van der Waals surface area contributed by atoms with Gasteiger partial charge in [0.1, 0.15) is 6.29 Å². The van der Waals surface area contributed by atoms with Crippen LogP contribution in [-0.4, -0.2) is 12.8 Å². The Kier molecular flexibility index (Phi) is 14.1.